The molecule has 0 saturated carbocycles. The molecule has 0 heterocycles. The number of benzene rings is 1. The van der Waals surface area contributed by atoms with Gasteiger partial charge in [-0.05, 0) is 30.7 Å². The van der Waals surface area contributed by atoms with E-state index in [4.69, 9.17) is 15.2 Å². The number of halogens is 3. The summed E-state index contributed by atoms with van der Waals surface area (Å²) < 4.78 is 48.1. The number of rotatable bonds is 6. The highest BCUT2D eigenvalue weighted by atomic mass is 19.4. The maximum absolute atomic E-state index is 12.6. The highest BCUT2D eigenvalue weighted by Gasteiger charge is 2.32. The molecule has 0 saturated heterocycles. The molecule has 0 bridgehead atoms. The average Bonchev–Trinajstić information content (AvgIpc) is 2.33. The van der Waals surface area contributed by atoms with Crippen molar-refractivity contribution in [2.24, 2.45) is 5.73 Å². The zero-order chi connectivity index (χ0) is 13.6. The summed E-state index contributed by atoms with van der Waals surface area (Å²) in [5.41, 5.74) is 4.62. The molecule has 102 valence electrons. The first-order chi connectivity index (χ1) is 8.49. The van der Waals surface area contributed by atoms with Gasteiger partial charge in [0, 0.05) is 13.2 Å². The summed E-state index contributed by atoms with van der Waals surface area (Å²) in [6.45, 7) is 2.94. The van der Waals surface area contributed by atoms with Gasteiger partial charge in [0.2, 0.25) is 0 Å². The molecular weight excluding hydrogens is 247 g/mol. The van der Waals surface area contributed by atoms with Crippen LogP contribution in [0.1, 0.15) is 18.1 Å². The van der Waals surface area contributed by atoms with E-state index in [-0.39, 0.29) is 12.1 Å². The Morgan fingerprint density at radius 3 is 2.50 bits per heavy atom. The van der Waals surface area contributed by atoms with Crippen molar-refractivity contribution in [3.8, 4) is 5.75 Å². The first-order valence-electron chi connectivity index (χ1n) is 5.59. The standard InChI is InChI=1S/C12H16F3NO2/c1-2-17-5-6-18-10-3-4-11(12(13,14)15)9(7-10)8-16/h3-4,7H,2,5-6,8,16H2,1H3. The Bertz CT molecular complexity index is 380. The minimum absolute atomic E-state index is 0.0245. The molecule has 0 atom stereocenters. The number of ether oxygens (including phenoxy) is 2. The molecule has 0 aliphatic rings. The van der Waals surface area contributed by atoms with Gasteiger partial charge in [0.1, 0.15) is 12.4 Å². The van der Waals surface area contributed by atoms with E-state index in [1.54, 1.807) is 0 Å². The summed E-state index contributed by atoms with van der Waals surface area (Å²) in [4.78, 5) is 0. The normalized spacial score (nSPS) is 11.6. The van der Waals surface area contributed by atoms with Crippen LogP contribution >= 0.6 is 0 Å². The quantitative estimate of drug-likeness (QED) is 0.802. The Hall–Kier alpha value is -1.27. The molecule has 2 N–H and O–H groups in total. The van der Waals surface area contributed by atoms with Crippen LogP contribution < -0.4 is 10.5 Å². The molecule has 3 nitrogen and oxygen atoms in total. The van der Waals surface area contributed by atoms with Gasteiger partial charge in [-0.3, -0.25) is 0 Å². The van der Waals surface area contributed by atoms with Crippen molar-refractivity contribution in [1.29, 1.82) is 0 Å². The van der Waals surface area contributed by atoms with E-state index < -0.39 is 11.7 Å². The summed E-state index contributed by atoms with van der Waals surface area (Å²) in [6.07, 6.45) is -4.39. The Morgan fingerprint density at radius 1 is 1.22 bits per heavy atom. The van der Waals surface area contributed by atoms with Crippen LogP contribution in [0.5, 0.6) is 5.75 Å². The SMILES string of the molecule is CCOCCOc1ccc(C(F)(F)F)c(CN)c1. The minimum Gasteiger partial charge on any atom is -0.491 e. The predicted molar refractivity (Wildman–Crippen MR) is 61.3 cm³/mol. The molecule has 0 aliphatic heterocycles. The predicted octanol–water partition coefficient (Wildman–Crippen LogP) is 2.58. The van der Waals surface area contributed by atoms with E-state index in [0.29, 0.717) is 25.6 Å². The molecule has 0 spiro atoms. The second kappa shape index (κ2) is 6.61. The van der Waals surface area contributed by atoms with Crippen molar-refractivity contribution in [3.63, 3.8) is 0 Å². The lowest BCUT2D eigenvalue weighted by Crippen LogP contribution is -2.13. The van der Waals surface area contributed by atoms with Gasteiger partial charge in [-0.25, -0.2) is 0 Å². The van der Waals surface area contributed by atoms with Crippen LogP contribution in [0.25, 0.3) is 0 Å². The molecule has 0 aliphatic carbocycles. The molecule has 0 fully saturated rings. The molecule has 0 amide bonds. The summed E-state index contributed by atoms with van der Waals surface area (Å²) in [6, 6.07) is 3.58. The smallest absolute Gasteiger partial charge is 0.416 e. The maximum Gasteiger partial charge on any atom is 0.416 e. The Labute approximate surface area is 104 Å². The van der Waals surface area contributed by atoms with E-state index in [2.05, 4.69) is 0 Å². The maximum atomic E-state index is 12.6. The molecular formula is C12H16F3NO2. The van der Waals surface area contributed by atoms with Crippen molar-refractivity contribution in [2.45, 2.75) is 19.6 Å². The van der Waals surface area contributed by atoms with Gasteiger partial charge in [-0.2, -0.15) is 13.2 Å². The van der Waals surface area contributed by atoms with Crippen LogP contribution in [0.3, 0.4) is 0 Å². The third-order valence-corrected chi connectivity index (χ3v) is 2.30. The molecule has 0 radical (unpaired) electrons. The van der Waals surface area contributed by atoms with Crippen molar-refractivity contribution in [3.05, 3.63) is 29.3 Å². The Kier molecular flexibility index (Phi) is 5.43. The summed E-state index contributed by atoms with van der Waals surface area (Å²) >= 11 is 0. The lowest BCUT2D eigenvalue weighted by molar-refractivity contribution is -0.138. The summed E-state index contributed by atoms with van der Waals surface area (Å²) in [5.74, 6) is 0.364. The van der Waals surface area contributed by atoms with E-state index in [0.717, 1.165) is 6.07 Å². The highest BCUT2D eigenvalue weighted by Crippen LogP contribution is 2.33. The fraction of sp³-hybridized carbons (Fsp3) is 0.500. The molecule has 1 rings (SSSR count). The van der Waals surface area contributed by atoms with Gasteiger partial charge < -0.3 is 15.2 Å². The van der Waals surface area contributed by atoms with Crippen LogP contribution in [-0.2, 0) is 17.5 Å². The Morgan fingerprint density at radius 2 is 1.94 bits per heavy atom. The third-order valence-electron chi connectivity index (χ3n) is 2.30. The van der Waals surface area contributed by atoms with Gasteiger partial charge in [-0.15, -0.1) is 0 Å². The van der Waals surface area contributed by atoms with E-state index >= 15 is 0 Å². The first-order valence-corrected chi connectivity index (χ1v) is 5.59. The minimum atomic E-state index is -4.39. The van der Waals surface area contributed by atoms with Gasteiger partial charge >= 0.3 is 6.18 Å². The molecule has 0 aromatic heterocycles. The monoisotopic (exact) mass is 263 g/mol. The van der Waals surface area contributed by atoms with Crippen LogP contribution in [0, 0.1) is 0 Å². The Balaban J connectivity index is 2.73. The number of nitrogens with two attached hydrogens (primary N) is 1. The van der Waals surface area contributed by atoms with Crippen molar-refractivity contribution in [2.75, 3.05) is 19.8 Å². The van der Waals surface area contributed by atoms with Crippen molar-refractivity contribution >= 4 is 0 Å². The fourth-order valence-corrected chi connectivity index (χ4v) is 1.47. The topological polar surface area (TPSA) is 44.5 Å². The molecule has 1 aromatic rings. The van der Waals surface area contributed by atoms with Crippen LogP contribution in [-0.4, -0.2) is 19.8 Å². The molecule has 18 heavy (non-hydrogen) atoms. The lowest BCUT2D eigenvalue weighted by Gasteiger charge is -2.13. The van der Waals surface area contributed by atoms with Gasteiger partial charge in [0.15, 0.2) is 0 Å². The zero-order valence-corrected chi connectivity index (χ0v) is 10.1. The van der Waals surface area contributed by atoms with Crippen molar-refractivity contribution < 1.29 is 22.6 Å². The zero-order valence-electron chi connectivity index (χ0n) is 10.1. The number of hydrogen-bond acceptors (Lipinski definition) is 3. The number of alkyl halides is 3. The third kappa shape index (κ3) is 4.19. The highest BCUT2D eigenvalue weighted by molar-refractivity contribution is 5.37. The van der Waals surface area contributed by atoms with Crippen LogP contribution in [0.4, 0.5) is 13.2 Å². The molecule has 0 unspecified atom stereocenters. The fourth-order valence-electron chi connectivity index (χ4n) is 1.47. The number of hydrogen-bond donors (Lipinski definition) is 1. The van der Waals surface area contributed by atoms with E-state index in [1.165, 1.54) is 12.1 Å². The second-order valence-electron chi connectivity index (χ2n) is 3.57. The summed E-state index contributed by atoms with van der Waals surface area (Å²) in [7, 11) is 0. The van der Waals surface area contributed by atoms with Crippen LogP contribution in [0.15, 0.2) is 18.2 Å². The largest absolute Gasteiger partial charge is 0.491 e. The molecule has 6 heteroatoms. The summed E-state index contributed by atoms with van der Waals surface area (Å²) in [5, 5.41) is 0. The average molecular weight is 263 g/mol. The van der Waals surface area contributed by atoms with Crippen LogP contribution in [0.2, 0.25) is 0 Å². The first kappa shape index (κ1) is 14.8. The van der Waals surface area contributed by atoms with Gasteiger partial charge in [0.25, 0.3) is 0 Å². The van der Waals surface area contributed by atoms with Gasteiger partial charge in [0.05, 0.1) is 12.2 Å². The lowest BCUT2D eigenvalue weighted by atomic mass is 10.1. The second-order valence-corrected chi connectivity index (χ2v) is 3.57. The van der Waals surface area contributed by atoms with Crippen molar-refractivity contribution in [1.82, 2.24) is 0 Å². The van der Waals surface area contributed by atoms with E-state index in [9.17, 15) is 13.2 Å². The molecule has 1 aromatic carbocycles. The van der Waals surface area contributed by atoms with E-state index in [1.807, 2.05) is 6.92 Å². The van der Waals surface area contributed by atoms with Gasteiger partial charge in [-0.1, -0.05) is 0 Å².